The van der Waals surface area contributed by atoms with Crippen molar-refractivity contribution in [3.63, 3.8) is 0 Å². The summed E-state index contributed by atoms with van der Waals surface area (Å²) in [7, 11) is 0. The summed E-state index contributed by atoms with van der Waals surface area (Å²) in [5.74, 6) is -0.960. The lowest BCUT2D eigenvalue weighted by atomic mass is 10.1. The minimum absolute atomic E-state index is 0.183. The Kier molecular flexibility index (Phi) is 5.22. The first kappa shape index (κ1) is 19.3. The van der Waals surface area contributed by atoms with Crippen LogP contribution in [0.2, 0.25) is 0 Å². The molecule has 4 rings (SSSR count). The second-order valence-corrected chi connectivity index (χ2v) is 6.67. The molecule has 0 fully saturated rings. The van der Waals surface area contributed by atoms with Crippen molar-refractivity contribution in [3.05, 3.63) is 107 Å². The molecule has 1 heterocycles. The van der Waals surface area contributed by atoms with Gasteiger partial charge in [0.25, 0.3) is 0 Å². The Labute approximate surface area is 172 Å². The van der Waals surface area contributed by atoms with Crippen LogP contribution in [0.5, 0.6) is 5.75 Å². The highest BCUT2D eigenvalue weighted by Gasteiger charge is 2.24. The van der Waals surface area contributed by atoms with Gasteiger partial charge in [0.05, 0.1) is 5.56 Å². The molecule has 6 heteroatoms. The summed E-state index contributed by atoms with van der Waals surface area (Å²) in [6.45, 7) is 1.95. The summed E-state index contributed by atoms with van der Waals surface area (Å²) in [6.07, 6.45) is 1.59. The minimum atomic E-state index is -0.590. The summed E-state index contributed by atoms with van der Waals surface area (Å²) in [5, 5.41) is 0. The van der Waals surface area contributed by atoms with E-state index in [0.717, 1.165) is 11.1 Å². The number of carbonyl (C=O) groups excluding carboxylic acids is 2. The zero-order valence-electron chi connectivity index (χ0n) is 16.0. The third-order valence-corrected chi connectivity index (χ3v) is 4.36. The van der Waals surface area contributed by atoms with Gasteiger partial charge in [-0.3, -0.25) is 0 Å². The highest BCUT2D eigenvalue weighted by Crippen LogP contribution is 2.21. The number of nitrogens with zero attached hydrogens (tertiary/aromatic N) is 1. The van der Waals surface area contributed by atoms with Gasteiger partial charge in [-0.2, -0.15) is 0 Å². The standard InChI is InChI=1S/C24H16FNO4/c1-15-3-2-4-18(13-15)22-26-21(24(28)30-22)14-16-5-11-20(12-6-16)29-23(27)17-7-9-19(25)10-8-17/h2-14H,1H3/b21-14-. The van der Waals surface area contributed by atoms with Crippen molar-refractivity contribution in [1.29, 1.82) is 0 Å². The third-order valence-electron chi connectivity index (χ3n) is 4.36. The van der Waals surface area contributed by atoms with E-state index in [1.54, 1.807) is 30.3 Å². The number of cyclic esters (lactones) is 1. The van der Waals surface area contributed by atoms with Crippen LogP contribution >= 0.6 is 0 Å². The Balaban J connectivity index is 1.48. The summed E-state index contributed by atoms with van der Waals surface area (Å²) < 4.78 is 23.5. The molecule has 0 aliphatic carbocycles. The fraction of sp³-hybridized carbons (Fsp3) is 0.0417. The molecule has 0 saturated carbocycles. The van der Waals surface area contributed by atoms with E-state index in [1.807, 2.05) is 31.2 Å². The van der Waals surface area contributed by atoms with Crippen LogP contribution in [0.3, 0.4) is 0 Å². The van der Waals surface area contributed by atoms with Gasteiger partial charge >= 0.3 is 11.9 Å². The van der Waals surface area contributed by atoms with Gasteiger partial charge in [-0.25, -0.2) is 19.0 Å². The van der Waals surface area contributed by atoms with E-state index >= 15 is 0 Å². The normalized spacial score (nSPS) is 14.4. The second-order valence-electron chi connectivity index (χ2n) is 6.67. The predicted molar refractivity (Wildman–Crippen MR) is 110 cm³/mol. The number of esters is 2. The number of hydrogen-bond acceptors (Lipinski definition) is 5. The topological polar surface area (TPSA) is 65.0 Å². The highest BCUT2D eigenvalue weighted by atomic mass is 19.1. The van der Waals surface area contributed by atoms with Crippen molar-refractivity contribution >= 4 is 23.9 Å². The molecule has 0 aromatic heterocycles. The molecule has 0 spiro atoms. The largest absolute Gasteiger partial charge is 0.423 e. The molecule has 0 atom stereocenters. The highest BCUT2D eigenvalue weighted by molar-refractivity contribution is 6.12. The van der Waals surface area contributed by atoms with Crippen LogP contribution < -0.4 is 4.74 Å². The zero-order chi connectivity index (χ0) is 21.1. The van der Waals surface area contributed by atoms with Gasteiger partial charge in [0, 0.05) is 5.56 Å². The van der Waals surface area contributed by atoms with Crippen LogP contribution in [0.15, 0.2) is 83.5 Å². The van der Waals surface area contributed by atoms with Crippen LogP contribution in [0.25, 0.3) is 6.08 Å². The Hall–Kier alpha value is -4.06. The van der Waals surface area contributed by atoms with E-state index in [-0.39, 0.29) is 17.2 Å². The summed E-state index contributed by atoms with van der Waals surface area (Å²) in [5.41, 5.74) is 2.89. The molecule has 0 bridgehead atoms. The number of ether oxygens (including phenoxy) is 2. The van der Waals surface area contributed by atoms with Crippen LogP contribution in [-0.2, 0) is 9.53 Å². The maximum Gasteiger partial charge on any atom is 0.363 e. The lowest BCUT2D eigenvalue weighted by Gasteiger charge is -2.04. The van der Waals surface area contributed by atoms with Gasteiger partial charge in [-0.15, -0.1) is 0 Å². The van der Waals surface area contributed by atoms with Gasteiger partial charge in [0.2, 0.25) is 5.90 Å². The van der Waals surface area contributed by atoms with Gasteiger partial charge < -0.3 is 9.47 Å². The molecule has 0 amide bonds. The molecule has 3 aromatic rings. The first-order valence-corrected chi connectivity index (χ1v) is 9.15. The summed E-state index contributed by atoms with van der Waals surface area (Å²) in [4.78, 5) is 28.5. The molecule has 3 aromatic carbocycles. The molecule has 0 radical (unpaired) electrons. The zero-order valence-corrected chi connectivity index (χ0v) is 16.0. The number of benzene rings is 3. The molecule has 0 unspecified atom stereocenters. The number of hydrogen-bond donors (Lipinski definition) is 0. The molecule has 0 saturated heterocycles. The summed E-state index contributed by atoms with van der Waals surface area (Å²) in [6, 6.07) is 19.2. The average molecular weight is 401 g/mol. The Morgan fingerprint density at radius 3 is 2.47 bits per heavy atom. The molecular weight excluding hydrogens is 385 g/mol. The van der Waals surface area contributed by atoms with Gasteiger partial charge in [-0.1, -0.05) is 29.8 Å². The minimum Gasteiger partial charge on any atom is -0.423 e. The number of aryl methyl sites for hydroxylation is 1. The van der Waals surface area contributed by atoms with Crippen LogP contribution in [-0.4, -0.2) is 17.8 Å². The number of rotatable bonds is 4. The van der Waals surface area contributed by atoms with E-state index in [1.165, 1.54) is 24.3 Å². The van der Waals surface area contributed by atoms with Gasteiger partial charge in [-0.05, 0) is 67.1 Å². The Bertz CT molecular complexity index is 1180. The molecule has 1 aliphatic heterocycles. The molecule has 1 aliphatic rings. The van der Waals surface area contributed by atoms with E-state index < -0.39 is 17.8 Å². The third kappa shape index (κ3) is 4.33. The second kappa shape index (κ2) is 8.13. The average Bonchev–Trinajstić information content (AvgIpc) is 3.10. The lowest BCUT2D eigenvalue weighted by Crippen LogP contribution is -2.08. The van der Waals surface area contributed by atoms with E-state index in [2.05, 4.69) is 4.99 Å². The van der Waals surface area contributed by atoms with Crippen molar-refractivity contribution in [2.45, 2.75) is 6.92 Å². The molecular formula is C24H16FNO4. The van der Waals surface area contributed by atoms with Crippen LogP contribution in [0.4, 0.5) is 4.39 Å². The van der Waals surface area contributed by atoms with Crippen molar-refractivity contribution in [2.75, 3.05) is 0 Å². The summed E-state index contributed by atoms with van der Waals surface area (Å²) >= 11 is 0. The maximum absolute atomic E-state index is 13.0. The quantitative estimate of drug-likeness (QED) is 0.361. The van der Waals surface area contributed by atoms with Gasteiger partial charge in [0.15, 0.2) is 5.70 Å². The SMILES string of the molecule is Cc1cccc(C2=N/C(=C\c3ccc(OC(=O)c4ccc(F)cc4)cc3)C(=O)O2)c1. The smallest absolute Gasteiger partial charge is 0.363 e. The monoisotopic (exact) mass is 401 g/mol. The van der Waals surface area contributed by atoms with Gasteiger partial charge in [0.1, 0.15) is 11.6 Å². The van der Waals surface area contributed by atoms with Crippen LogP contribution in [0.1, 0.15) is 27.0 Å². The van der Waals surface area contributed by atoms with E-state index in [4.69, 9.17) is 9.47 Å². The fourth-order valence-corrected chi connectivity index (χ4v) is 2.85. The van der Waals surface area contributed by atoms with E-state index in [9.17, 15) is 14.0 Å². The van der Waals surface area contributed by atoms with E-state index in [0.29, 0.717) is 11.3 Å². The van der Waals surface area contributed by atoms with Crippen molar-refractivity contribution < 1.29 is 23.5 Å². The first-order chi connectivity index (χ1) is 14.5. The van der Waals surface area contributed by atoms with Crippen LogP contribution in [0, 0.1) is 12.7 Å². The predicted octanol–water partition coefficient (Wildman–Crippen LogP) is 4.70. The van der Waals surface area contributed by atoms with Crippen molar-refractivity contribution in [1.82, 2.24) is 0 Å². The molecule has 30 heavy (non-hydrogen) atoms. The van der Waals surface area contributed by atoms with Crippen molar-refractivity contribution in [2.24, 2.45) is 4.99 Å². The molecule has 5 nitrogen and oxygen atoms in total. The number of halogens is 1. The van der Waals surface area contributed by atoms with Crippen molar-refractivity contribution in [3.8, 4) is 5.75 Å². The Morgan fingerprint density at radius 2 is 1.77 bits per heavy atom. The fourth-order valence-electron chi connectivity index (χ4n) is 2.85. The number of carbonyl (C=O) groups is 2. The Morgan fingerprint density at radius 1 is 1.03 bits per heavy atom. The molecule has 0 N–H and O–H groups in total. The maximum atomic E-state index is 13.0. The first-order valence-electron chi connectivity index (χ1n) is 9.15. The lowest BCUT2D eigenvalue weighted by molar-refractivity contribution is -0.129. The molecule has 148 valence electrons. The number of aliphatic imine (C=N–C) groups is 1.